The fraction of sp³-hybridized carbons (Fsp3) is 0.875. The molecule has 128 valence electrons. The number of carbonyl (C=O) groups is 2. The molecule has 0 saturated heterocycles. The largest absolute Gasteiger partial charge is 0.469 e. The van der Waals surface area contributed by atoms with E-state index < -0.39 is 5.92 Å². The summed E-state index contributed by atoms with van der Waals surface area (Å²) in [4.78, 5) is 25.8. The minimum absolute atomic E-state index is 0.109. The summed E-state index contributed by atoms with van der Waals surface area (Å²) in [6.45, 7) is 3.80. The van der Waals surface area contributed by atoms with Gasteiger partial charge >= 0.3 is 12.0 Å². The summed E-state index contributed by atoms with van der Waals surface area (Å²) in [5.41, 5.74) is 0. The first-order chi connectivity index (χ1) is 10.5. The lowest BCUT2D eigenvalue weighted by Crippen LogP contribution is -2.52. The Hall–Kier alpha value is -1.30. The Balaban J connectivity index is 2.70. The number of aliphatic hydroxyl groups excluding tert-OH is 1. The van der Waals surface area contributed by atoms with Crippen LogP contribution in [0.25, 0.3) is 0 Å². The van der Waals surface area contributed by atoms with Crippen molar-refractivity contribution in [1.82, 2.24) is 10.2 Å². The van der Waals surface area contributed by atoms with Gasteiger partial charge in [-0.15, -0.1) is 0 Å². The first-order valence-electron chi connectivity index (χ1n) is 8.29. The van der Waals surface area contributed by atoms with Gasteiger partial charge in [0.15, 0.2) is 0 Å². The van der Waals surface area contributed by atoms with Gasteiger partial charge in [-0.25, -0.2) is 4.79 Å². The van der Waals surface area contributed by atoms with Gasteiger partial charge in [-0.1, -0.05) is 33.1 Å². The van der Waals surface area contributed by atoms with E-state index in [-0.39, 0.29) is 37.2 Å². The zero-order valence-electron chi connectivity index (χ0n) is 14.0. The number of hydrogen-bond donors (Lipinski definition) is 2. The summed E-state index contributed by atoms with van der Waals surface area (Å²) in [5, 5.41) is 12.6. The number of urea groups is 1. The Bertz CT molecular complexity index is 352. The highest BCUT2D eigenvalue weighted by molar-refractivity contribution is 5.77. The molecule has 2 unspecified atom stereocenters. The lowest BCUT2D eigenvalue weighted by atomic mass is 9.95. The van der Waals surface area contributed by atoms with Gasteiger partial charge in [-0.2, -0.15) is 0 Å². The van der Waals surface area contributed by atoms with Crippen molar-refractivity contribution in [2.45, 2.75) is 64.5 Å². The minimum atomic E-state index is -0.414. The molecule has 1 aliphatic carbocycles. The molecular weight excluding hydrogens is 284 g/mol. The number of esters is 1. The SMILES string of the molecule is CCC(CO)N(CC(C)C(=O)OC)C(=O)NC1CCCCC1. The molecule has 6 heteroatoms. The van der Waals surface area contributed by atoms with Crippen molar-refractivity contribution in [3.05, 3.63) is 0 Å². The normalized spacial score (nSPS) is 18.4. The van der Waals surface area contributed by atoms with E-state index >= 15 is 0 Å². The lowest BCUT2D eigenvalue weighted by molar-refractivity contribution is -0.145. The molecule has 0 aliphatic heterocycles. The van der Waals surface area contributed by atoms with Crippen LogP contribution < -0.4 is 5.32 Å². The molecule has 0 radical (unpaired) electrons. The maximum absolute atomic E-state index is 12.6. The molecule has 0 heterocycles. The Morgan fingerprint density at radius 3 is 2.45 bits per heavy atom. The van der Waals surface area contributed by atoms with Crippen molar-refractivity contribution in [2.75, 3.05) is 20.3 Å². The van der Waals surface area contributed by atoms with E-state index in [1.54, 1.807) is 11.8 Å². The maximum Gasteiger partial charge on any atom is 0.317 e. The third-order valence-electron chi connectivity index (χ3n) is 4.39. The standard InChI is InChI=1S/C16H30N2O4/c1-4-14(11-19)18(10-12(2)15(20)22-3)16(21)17-13-8-6-5-7-9-13/h12-14,19H,4-11H2,1-3H3,(H,17,21). The van der Waals surface area contributed by atoms with Crippen molar-refractivity contribution in [3.8, 4) is 0 Å². The van der Waals surface area contributed by atoms with Crippen LogP contribution >= 0.6 is 0 Å². The van der Waals surface area contributed by atoms with Crippen LogP contribution in [0.5, 0.6) is 0 Å². The zero-order valence-corrected chi connectivity index (χ0v) is 14.0. The van der Waals surface area contributed by atoms with E-state index in [2.05, 4.69) is 5.32 Å². The van der Waals surface area contributed by atoms with Crippen LogP contribution in [0.3, 0.4) is 0 Å². The zero-order chi connectivity index (χ0) is 16.5. The lowest BCUT2D eigenvalue weighted by Gasteiger charge is -2.34. The second-order valence-corrected chi connectivity index (χ2v) is 6.11. The Morgan fingerprint density at radius 1 is 1.32 bits per heavy atom. The van der Waals surface area contributed by atoms with Crippen molar-refractivity contribution < 1.29 is 19.4 Å². The summed E-state index contributed by atoms with van der Waals surface area (Å²) in [5.74, 6) is -0.758. The summed E-state index contributed by atoms with van der Waals surface area (Å²) >= 11 is 0. The van der Waals surface area contributed by atoms with E-state index in [9.17, 15) is 14.7 Å². The van der Waals surface area contributed by atoms with Gasteiger partial charge in [0, 0.05) is 12.6 Å². The minimum Gasteiger partial charge on any atom is -0.469 e. The van der Waals surface area contributed by atoms with E-state index in [1.807, 2.05) is 6.92 Å². The van der Waals surface area contributed by atoms with Crippen LogP contribution in [0.15, 0.2) is 0 Å². The number of methoxy groups -OCH3 is 1. The van der Waals surface area contributed by atoms with E-state index in [0.717, 1.165) is 25.7 Å². The number of carbonyl (C=O) groups excluding carboxylic acids is 2. The predicted octanol–water partition coefficient (Wildman–Crippen LogP) is 1.91. The van der Waals surface area contributed by atoms with Crippen LogP contribution in [0.1, 0.15) is 52.4 Å². The number of nitrogens with one attached hydrogen (secondary N) is 1. The van der Waals surface area contributed by atoms with Gasteiger partial charge in [0.1, 0.15) is 0 Å². The van der Waals surface area contributed by atoms with Gasteiger partial charge in [-0.05, 0) is 19.3 Å². The molecule has 0 spiro atoms. The van der Waals surface area contributed by atoms with Gasteiger partial charge in [-0.3, -0.25) is 4.79 Å². The molecule has 1 rings (SSSR count). The number of hydrogen-bond acceptors (Lipinski definition) is 4. The number of ether oxygens (including phenoxy) is 1. The maximum atomic E-state index is 12.6. The summed E-state index contributed by atoms with van der Waals surface area (Å²) in [6.07, 6.45) is 6.15. The molecule has 22 heavy (non-hydrogen) atoms. The van der Waals surface area contributed by atoms with E-state index in [4.69, 9.17) is 4.74 Å². The topological polar surface area (TPSA) is 78.9 Å². The molecule has 0 aromatic carbocycles. The fourth-order valence-corrected chi connectivity index (χ4v) is 2.92. The van der Waals surface area contributed by atoms with Crippen molar-refractivity contribution >= 4 is 12.0 Å². The number of aliphatic hydroxyl groups is 1. The molecule has 2 atom stereocenters. The fourth-order valence-electron chi connectivity index (χ4n) is 2.92. The average molecular weight is 314 g/mol. The quantitative estimate of drug-likeness (QED) is 0.704. The Morgan fingerprint density at radius 2 is 1.95 bits per heavy atom. The summed E-state index contributed by atoms with van der Waals surface area (Å²) < 4.78 is 4.73. The van der Waals surface area contributed by atoms with Crippen LogP contribution in [0, 0.1) is 5.92 Å². The van der Waals surface area contributed by atoms with Crippen LogP contribution in [0.4, 0.5) is 4.79 Å². The molecule has 1 fully saturated rings. The molecule has 2 amide bonds. The molecule has 1 aliphatic rings. The molecule has 1 saturated carbocycles. The van der Waals surface area contributed by atoms with Crippen molar-refractivity contribution in [2.24, 2.45) is 5.92 Å². The van der Waals surface area contributed by atoms with Crippen LogP contribution in [0.2, 0.25) is 0 Å². The Kier molecular flexibility index (Phi) is 8.24. The molecule has 0 aromatic heterocycles. The van der Waals surface area contributed by atoms with Crippen molar-refractivity contribution in [3.63, 3.8) is 0 Å². The van der Waals surface area contributed by atoms with Gasteiger partial charge < -0.3 is 20.1 Å². The highest BCUT2D eigenvalue weighted by Gasteiger charge is 2.28. The predicted molar refractivity (Wildman–Crippen MR) is 84.5 cm³/mol. The average Bonchev–Trinajstić information content (AvgIpc) is 2.54. The molecule has 0 aromatic rings. The third-order valence-corrected chi connectivity index (χ3v) is 4.39. The highest BCUT2D eigenvalue weighted by Crippen LogP contribution is 2.18. The van der Waals surface area contributed by atoms with Crippen molar-refractivity contribution in [1.29, 1.82) is 0 Å². The van der Waals surface area contributed by atoms with E-state index in [0.29, 0.717) is 6.42 Å². The van der Waals surface area contributed by atoms with Crippen LogP contribution in [-0.2, 0) is 9.53 Å². The van der Waals surface area contributed by atoms with Crippen LogP contribution in [-0.4, -0.2) is 54.4 Å². The second kappa shape index (κ2) is 9.66. The van der Waals surface area contributed by atoms with Gasteiger partial charge in [0.25, 0.3) is 0 Å². The summed E-state index contributed by atoms with van der Waals surface area (Å²) in [6, 6.07) is -0.271. The van der Waals surface area contributed by atoms with Gasteiger partial charge in [0.05, 0.1) is 25.7 Å². The molecular formula is C16H30N2O4. The monoisotopic (exact) mass is 314 g/mol. The number of nitrogens with zero attached hydrogens (tertiary/aromatic N) is 1. The highest BCUT2D eigenvalue weighted by atomic mass is 16.5. The molecule has 6 nitrogen and oxygen atoms in total. The second-order valence-electron chi connectivity index (χ2n) is 6.11. The van der Waals surface area contributed by atoms with E-state index in [1.165, 1.54) is 13.5 Å². The first kappa shape index (κ1) is 18.7. The van der Waals surface area contributed by atoms with Gasteiger partial charge in [0.2, 0.25) is 0 Å². The third kappa shape index (κ3) is 5.48. The first-order valence-corrected chi connectivity index (χ1v) is 8.29. The summed E-state index contributed by atoms with van der Waals surface area (Å²) in [7, 11) is 1.34. The Labute approximate surface area is 133 Å². The smallest absolute Gasteiger partial charge is 0.317 e. The molecule has 0 bridgehead atoms. The molecule has 2 N–H and O–H groups in total. The number of rotatable bonds is 7. The number of amides is 2.